The van der Waals surface area contributed by atoms with Gasteiger partial charge in [-0.05, 0) is 24.3 Å². The third-order valence-electron chi connectivity index (χ3n) is 5.63. The minimum Gasteiger partial charge on any atom is -0.497 e. The standard InChI is InChI=1S/C22H25N3O4/c1-28-17-8-9-20(29-2)18(14-17)25-21(26)15-19(22(25)27)24-12-10-23(11-13-24)16-6-4-3-5-7-16/h3-9,14,19H,10-13,15H2,1-2H3. The largest absolute Gasteiger partial charge is 0.497 e. The van der Waals surface area contributed by atoms with Crippen molar-refractivity contribution in [2.45, 2.75) is 12.5 Å². The normalized spacial score (nSPS) is 20.3. The van der Waals surface area contributed by atoms with E-state index in [0.717, 1.165) is 26.2 Å². The van der Waals surface area contributed by atoms with Gasteiger partial charge in [0.2, 0.25) is 5.91 Å². The van der Waals surface area contributed by atoms with Gasteiger partial charge in [0, 0.05) is 37.9 Å². The number of carbonyl (C=O) groups excluding carboxylic acids is 2. The number of nitrogens with zero attached hydrogens (tertiary/aromatic N) is 3. The fourth-order valence-corrected chi connectivity index (χ4v) is 4.06. The van der Waals surface area contributed by atoms with Crippen LogP contribution in [0.2, 0.25) is 0 Å². The molecule has 0 aliphatic carbocycles. The number of imide groups is 1. The van der Waals surface area contributed by atoms with Gasteiger partial charge in [-0.15, -0.1) is 0 Å². The molecule has 2 fully saturated rings. The van der Waals surface area contributed by atoms with E-state index >= 15 is 0 Å². The molecule has 0 radical (unpaired) electrons. The minimum atomic E-state index is -0.434. The van der Waals surface area contributed by atoms with E-state index in [0.29, 0.717) is 17.2 Å². The predicted molar refractivity (Wildman–Crippen MR) is 111 cm³/mol. The van der Waals surface area contributed by atoms with E-state index in [2.05, 4.69) is 21.9 Å². The van der Waals surface area contributed by atoms with Gasteiger partial charge in [0.05, 0.1) is 32.4 Å². The molecule has 2 aromatic carbocycles. The van der Waals surface area contributed by atoms with Crippen molar-refractivity contribution < 1.29 is 19.1 Å². The summed E-state index contributed by atoms with van der Waals surface area (Å²) < 4.78 is 10.6. The molecular formula is C22H25N3O4. The van der Waals surface area contributed by atoms with E-state index < -0.39 is 6.04 Å². The highest BCUT2D eigenvalue weighted by Gasteiger charge is 2.44. The molecular weight excluding hydrogens is 370 g/mol. The molecule has 2 heterocycles. The van der Waals surface area contributed by atoms with E-state index in [1.807, 2.05) is 18.2 Å². The first kappa shape index (κ1) is 19.3. The van der Waals surface area contributed by atoms with Crippen LogP contribution in [0, 0.1) is 0 Å². The average molecular weight is 395 g/mol. The molecule has 152 valence electrons. The molecule has 7 heteroatoms. The molecule has 2 aliphatic heterocycles. The number of methoxy groups -OCH3 is 2. The van der Waals surface area contributed by atoms with Crippen LogP contribution in [0.4, 0.5) is 11.4 Å². The summed E-state index contributed by atoms with van der Waals surface area (Å²) in [5.74, 6) is 0.634. The van der Waals surface area contributed by atoms with Crippen LogP contribution in [0.1, 0.15) is 6.42 Å². The number of ether oxygens (including phenoxy) is 2. The number of carbonyl (C=O) groups is 2. The van der Waals surface area contributed by atoms with Crippen molar-refractivity contribution in [1.29, 1.82) is 0 Å². The van der Waals surface area contributed by atoms with Crippen molar-refractivity contribution in [2.24, 2.45) is 0 Å². The maximum absolute atomic E-state index is 13.2. The van der Waals surface area contributed by atoms with Crippen molar-refractivity contribution >= 4 is 23.2 Å². The first-order valence-corrected chi connectivity index (χ1v) is 9.75. The summed E-state index contributed by atoms with van der Waals surface area (Å²) in [6.07, 6.45) is 0.185. The maximum Gasteiger partial charge on any atom is 0.251 e. The second-order valence-corrected chi connectivity index (χ2v) is 7.18. The van der Waals surface area contributed by atoms with Gasteiger partial charge < -0.3 is 14.4 Å². The third kappa shape index (κ3) is 3.65. The van der Waals surface area contributed by atoms with Gasteiger partial charge in [-0.2, -0.15) is 0 Å². The molecule has 0 bridgehead atoms. The monoisotopic (exact) mass is 395 g/mol. The summed E-state index contributed by atoms with van der Waals surface area (Å²) in [6, 6.07) is 14.9. The highest BCUT2D eigenvalue weighted by atomic mass is 16.5. The van der Waals surface area contributed by atoms with Crippen molar-refractivity contribution in [3.05, 3.63) is 48.5 Å². The van der Waals surface area contributed by atoms with Crippen LogP contribution in [0.15, 0.2) is 48.5 Å². The molecule has 0 N–H and O–H groups in total. The van der Waals surface area contributed by atoms with Crippen LogP contribution in [-0.2, 0) is 9.59 Å². The molecule has 0 saturated carbocycles. The van der Waals surface area contributed by atoms with E-state index in [4.69, 9.17) is 9.47 Å². The van der Waals surface area contributed by atoms with Crippen LogP contribution in [0.3, 0.4) is 0 Å². The van der Waals surface area contributed by atoms with Crippen LogP contribution >= 0.6 is 0 Å². The van der Waals surface area contributed by atoms with Crippen LogP contribution in [0.25, 0.3) is 0 Å². The Bertz CT molecular complexity index is 894. The summed E-state index contributed by atoms with van der Waals surface area (Å²) >= 11 is 0. The SMILES string of the molecule is COc1ccc(OC)c(N2C(=O)CC(N3CCN(c4ccccc4)CC3)C2=O)c1. The first-order chi connectivity index (χ1) is 14.1. The zero-order chi connectivity index (χ0) is 20.4. The Labute approximate surface area is 170 Å². The number of piperazine rings is 1. The molecule has 0 aromatic heterocycles. The Morgan fingerprint density at radius 1 is 0.897 bits per heavy atom. The molecule has 29 heavy (non-hydrogen) atoms. The Kier molecular flexibility index (Phi) is 5.40. The Morgan fingerprint density at radius 2 is 1.62 bits per heavy atom. The average Bonchev–Trinajstić information content (AvgIpc) is 3.07. The Hall–Kier alpha value is -3.06. The minimum absolute atomic E-state index is 0.185. The van der Waals surface area contributed by atoms with Crippen molar-refractivity contribution in [3.8, 4) is 11.5 Å². The summed E-state index contributed by atoms with van der Waals surface area (Å²) in [4.78, 5) is 31.6. The quantitative estimate of drug-likeness (QED) is 0.723. The van der Waals surface area contributed by atoms with Gasteiger partial charge in [-0.3, -0.25) is 14.5 Å². The lowest BCUT2D eigenvalue weighted by molar-refractivity contribution is -0.123. The number of para-hydroxylation sites is 1. The highest BCUT2D eigenvalue weighted by Crippen LogP contribution is 2.36. The van der Waals surface area contributed by atoms with Gasteiger partial charge in [0.15, 0.2) is 0 Å². The Morgan fingerprint density at radius 3 is 2.28 bits per heavy atom. The number of rotatable bonds is 5. The summed E-state index contributed by atoms with van der Waals surface area (Å²) in [5, 5.41) is 0. The topological polar surface area (TPSA) is 62.3 Å². The first-order valence-electron chi connectivity index (χ1n) is 9.75. The maximum atomic E-state index is 13.2. The predicted octanol–water partition coefficient (Wildman–Crippen LogP) is 2.16. The molecule has 0 spiro atoms. The number of benzene rings is 2. The fraction of sp³-hybridized carbons (Fsp3) is 0.364. The molecule has 2 amide bonds. The summed E-state index contributed by atoms with van der Waals surface area (Å²) in [5.41, 5.74) is 1.62. The van der Waals surface area contributed by atoms with Gasteiger partial charge in [-0.25, -0.2) is 4.90 Å². The Balaban J connectivity index is 1.49. The van der Waals surface area contributed by atoms with E-state index in [1.165, 1.54) is 17.7 Å². The van der Waals surface area contributed by atoms with Crippen molar-refractivity contribution in [3.63, 3.8) is 0 Å². The number of anilines is 2. The lowest BCUT2D eigenvalue weighted by Crippen LogP contribution is -2.52. The number of hydrogen-bond acceptors (Lipinski definition) is 6. The van der Waals surface area contributed by atoms with Crippen molar-refractivity contribution in [1.82, 2.24) is 4.90 Å². The molecule has 1 unspecified atom stereocenters. The van der Waals surface area contributed by atoms with Gasteiger partial charge >= 0.3 is 0 Å². The van der Waals surface area contributed by atoms with Gasteiger partial charge in [0.25, 0.3) is 5.91 Å². The van der Waals surface area contributed by atoms with Crippen LogP contribution in [-0.4, -0.2) is 63.2 Å². The molecule has 2 saturated heterocycles. The number of hydrogen-bond donors (Lipinski definition) is 0. The lowest BCUT2D eigenvalue weighted by Gasteiger charge is -2.38. The van der Waals surface area contributed by atoms with E-state index in [1.54, 1.807) is 25.3 Å². The molecule has 2 aliphatic rings. The highest BCUT2D eigenvalue weighted by molar-refractivity contribution is 6.23. The molecule has 4 rings (SSSR count). The zero-order valence-electron chi connectivity index (χ0n) is 16.7. The van der Waals surface area contributed by atoms with E-state index in [9.17, 15) is 9.59 Å². The number of amides is 2. The second kappa shape index (κ2) is 8.13. The van der Waals surface area contributed by atoms with Crippen LogP contribution in [0.5, 0.6) is 11.5 Å². The second-order valence-electron chi connectivity index (χ2n) is 7.18. The third-order valence-corrected chi connectivity index (χ3v) is 5.63. The fourth-order valence-electron chi connectivity index (χ4n) is 4.06. The smallest absolute Gasteiger partial charge is 0.251 e. The summed E-state index contributed by atoms with van der Waals surface area (Å²) in [7, 11) is 3.07. The van der Waals surface area contributed by atoms with E-state index in [-0.39, 0.29) is 18.2 Å². The zero-order valence-corrected chi connectivity index (χ0v) is 16.7. The van der Waals surface area contributed by atoms with Crippen LogP contribution < -0.4 is 19.3 Å². The molecule has 2 aromatic rings. The van der Waals surface area contributed by atoms with Crippen molar-refractivity contribution in [2.75, 3.05) is 50.2 Å². The summed E-state index contributed by atoms with van der Waals surface area (Å²) in [6.45, 7) is 3.12. The molecule has 1 atom stereocenters. The van der Waals surface area contributed by atoms with Gasteiger partial charge in [0.1, 0.15) is 11.5 Å². The molecule has 7 nitrogen and oxygen atoms in total. The van der Waals surface area contributed by atoms with Gasteiger partial charge in [-0.1, -0.05) is 18.2 Å². The lowest BCUT2D eigenvalue weighted by atomic mass is 10.1.